The monoisotopic (exact) mass is 374 g/mol. The molecule has 3 atom stereocenters. The third-order valence-electron chi connectivity index (χ3n) is 4.24. The number of piperidine rings is 1. The second-order valence-electron chi connectivity index (χ2n) is 7.71. The number of hydrogen-bond donors (Lipinski definition) is 1. The summed E-state index contributed by atoms with van der Waals surface area (Å²) < 4.78 is 43.2. The van der Waals surface area contributed by atoms with Gasteiger partial charge in [-0.3, -0.25) is 14.4 Å². The van der Waals surface area contributed by atoms with Crippen molar-refractivity contribution in [2.24, 2.45) is 5.92 Å². The van der Waals surface area contributed by atoms with E-state index in [2.05, 4.69) is 10.4 Å². The van der Waals surface area contributed by atoms with Gasteiger partial charge in [0, 0.05) is 18.3 Å². The molecule has 7 nitrogen and oxygen atoms in total. The first kappa shape index (κ1) is 18.5. The molecule has 3 rings (SSSR count). The van der Waals surface area contributed by atoms with Crippen LogP contribution >= 0.6 is 0 Å². The lowest BCUT2D eigenvalue weighted by Gasteiger charge is -2.29. The molecular weight excluding hydrogens is 353 g/mol. The van der Waals surface area contributed by atoms with Gasteiger partial charge in [-0.25, -0.2) is 4.79 Å². The zero-order valence-electron chi connectivity index (χ0n) is 14.7. The van der Waals surface area contributed by atoms with Crippen LogP contribution in [0.4, 0.5) is 23.8 Å². The number of likely N-dealkylation sites (tertiary alicyclic amines) is 1. The standard InChI is InChI=1S/C16H21F3N4O3/c1-15(2,3)26-14(25)23-10-6-9(10)7-11(23)13(24)20-12-4-5-22(21-12)8-16(17,18)19/h4-5,9-11H,6-8H2,1-3H3,(H,20,21,24)/t9?,10-,11+/m1/s1. The Balaban J connectivity index is 1.65. The highest BCUT2D eigenvalue weighted by Gasteiger charge is 2.57. The highest BCUT2D eigenvalue weighted by Crippen LogP contribution is 2.48. The Morgan fingerprint density at radius 2 is 2.00 bits per heavy atom. The van der Waals surface area contributed by atoms with Crippen LogP contribution < -0.4 is 5.32 Å². The molecule has 144 valence electrons. The van der Waals surface area contributed by atoms with E-state index in [4.69, 9.17) is 4.74 Å². The van der Waals surface area contributed by atoms with Crippen molar-refractivity contribution in [3.8, 4) is 0 Å². The lowest BCUT2D eigenvalue weighted by Crippen LogP contribution is -2.47. The molecule has 1 N–H and O–H groups in total. The predicted octanol–water partition coefficient (Wildman–Crippen LogP) is 2.78. The highest BCUT2D eigenvalue weighted by molar-refractivity contribution is 5.96. The van der Waals surface area contributed by atoms with Gasteiger partial charge in [0.2, 0.25) is 5.91 Å². The molecule has 2 aliphatic rings. The van der Waals surface area contributed by atoms with Gasteiger partial charge in [-0.15, -0.1) is 0 Å². The van der Waals surface area contributed by atoms with Crippen molar-refractivity contribution in [2.75, 3.05) is 5.32 Å². The fourth-order valence-corrected chi connectivity index (χ4v) is 3.18. The van der Waals surface area contributed by atoms with Gasteiger partial charge in [-0.1, -0.05) is 0 Å². The minimum Gasteiger partial charge on any atom is -0.444 e. The number of nitrogens with one attached hydrogen (secondary N) is 1. The molecule has 0 spiro atoms. The van der Waals surface area contributed by atoms with Gasteiger partial charge in [0.1, 0.15) is 18.2 Å². The Morgan fingerprint density at radius 3 is 2.62 bits per heavy atom. The minimum atomic E-state index is -4.40. The van der Waals surface area contributed by atoms with Crippen molar-refractivity contribution in [2.45, 2.75) is 64.0 Å². The van der Waals surface area contributed by atoms with Crippen molar-refractivity contribution in [3.63, 3.8) is 0 Å². The third kappa shape index (κ3) is 4.28. The summed E-state index contributed by atoms with van der Waals surface area (Å²) in [4.78, 5) is 26.4. The summed E-state index contributed by atoms with van der Waals surface area (Å²) in [5.74, 6) is -0.190. The van der Waals surface area contributed by atoms with E-state index in [-0.39, 0.29) is 17.8 Å². The largest absolute Gasteiger partial charge is 0.444 e. The van der Waals surface area contributed by atoms with E-state index in [9.17, 15) is 22.8 Å². The number of alkyl halides is 3. The molecule has 0 bridgehead atoms. The van der Waals surface area contributed by atoms with Crippen molar-refractivity contribution < 1.29 is 27.5 Å². The number of amides is 2. The highest BCUT2D eigenvalue weighted by atomic mass is 19.4. The Labute approximate surface area is 148 Å². The molecule has 10 heteroatoms. The molecule has 1 saturated carbocycles. The van der Waals surface area contributed by atoms with Crippen molar-refractivity contribution in [3.05, 3.63) is 12.3 Å². The van der Waals surface area contributed by atoms with Crippen LogP contribution in [0.25, 0.3) is 0 Å². The number of rotatable bonds is 3. The van der Waals surface area contributed by atoms with Gasteiger partial charge in [0.05, 0.1) is 0 Å². The molecule has 0 radical (unpaired) electrons. The van der Waals surface area contributed by atoms with Crippen molar-refractivity contribution in [1.29, 1.82) is 0 Å². The number of fused-ring (bicyclic) bond motifs is 1. The smallest absolute Gasteiger partial charge is 0.411 e. The van der Waals surface area contributed by atoms with E-state index in [1.165, 1.54) is 11.0 Å². The molecule has 1 unspecified atom stereocenters. The quantitative estimate of drug-likeness (QED) is 0.883. The molecule has 1 aliphatic carbocycles. The van der Waals surface area contributed by atoms with E-state index < -0.39 is 36.4 Å². The summed E-state index contributed by atoms with van der Waals surface area (Å²) in [5, 5.41) is 6.19. The summed E-state index contributed by atoms with van der Waals surface area (Å²) in [5.41, 5.74) is -0.679. The lowest BCUT2D eigenvalue weighted by molar-refractivity contribution is -0.142. The van der Waals surface area contributed by atoms with Crippen LogP contribution in [0.15, 0.2) is 12.3 Å². The number of halogens is 3. The molecule has 1 aromatic heterocycles. The van der Waals surface area contributed by atoms with Crippen LogP contribution in [0.2, 0.25) is 0 Å². The van der Waals surface area contributed by atoms with E-state index in [0.717, 1.165) is 12.6 Å². The van der Waals surface area contributed by atoms with Crippen LogP contribution in [0.1, 0.15) is 33.6 Å². The molecule has 0 aromatic carbocycles. The lowest BCUT2D eigenvalue weighted by atomic mass is 10.1. The summed E-state index contributed by atoms with van der Waals surface area (Å²) >= 11 is 0. The molecule has 2 fully saturated rings. The van der Waals surface area contributed by atoms with E-state index in [0.29, 0.717) is 11.1 Å². The molecule has 26 heavy (non-hydrogen) atoms. The maximum absolute atomic E-state index is 12.5. The zero-order chi connectivity index (χ0) is 19.3. The first-order valence-corrected chi connectivity index (χ1v) is 8.35. The molecule has 2 heterocycles. The van der Waals surface area contributed by atoms with E-state index in [1.807, 2.05) is 0 Å². The maximum Gasteiger partial charge on any atom is 0.411 e. The average molecular weight is 374 g/mol. The Morgan fingerprint density at radius 1 is 1.31 bits per heavy atom. The number of aromatic nitrogens is 2. The predicted molar refractivity (Wildman–Crippen MR) is 85.3 cm³/mol. The number of carbonyl (C=O) groups excluding carboxylic acids is 2. The number of hydrogen-bond acceptors (Lipinski definition) is 4. The van der Waals surface area contributed by atoms with Crippen molar-refractivity contribution >= 4 is 17.8 Å². The van der Waals surface area contributed by atoms with Crippen LogP contribution in [-0.4, -0.2) is 50.5 Å². The Bertz CT molecular complexity index is 710. The van der Waals surface area contributed by atoms with Gasteiger partial charge < -0.3 is 10.1 Å². The maximum atomic E-state index is 12.5. The van der Waals surface area contributed by atoms with Gasteiger partial charge in [-0.2, -0.15) is 18.3 Å². The van der Waals surface area contributed by atoms with Crippen LogP contribution in [-0.2, 0) is 16.1 Å². The Kier molecular flexibility index (Phi) is 4.40. The summed E-state index contributed by atoms with van der Waals surface area (Å²) in [6.07, 6.45) is -2.46. The number of nitrogens with zero attached hydrogens (tertiary/aromatic N) is 3. The molecule has 1 saturated heterocycles. The first-order valence-electron chi connectivity index (χ1n) is 8.35. The summed E-state index contributed by atoms with van der Waals surface area (Å²) in [6.45, 7) is 4.00. The second-order valence-corrected chi connectivity index (χ2v) is 7.71. The van der Waals surface area contributed by atoms with Crippen LogP contribution in [0.5, 0.6) is 0 Å². The molecule has 1 aromatic rings. The van der Waals surface area contributed by atoms with Crippen LogP contribution in [0, 0.1) is 5.92 Å². The molecule has 2 amide bonds. The van der Waals surface area contributed by atoms with Gasteiger partial charge in [0.15, 0.2) is 5.82 Å². The number of anilines is 1. The summed E-state index contributed by atoms with van der Waals surface area (Å²) in [7, 11) is 0. The normalized spacial score (nSPS) is 25.0. The van der Waals surface area contributed by atoms with Crippen molar-refractivity contribution in [1.82, 2.24) is 14.7 Å². The SMILES string of the molecule is CC(C)(C)OC(=O)N1[C@@H]2CC2C[C@H]1C(=O)Nc1ccn(CC(F)(F)F)n1. The second kappa shape index (κ2) is 6.17. The van der Waals surface area contributed by atoms with Gasteiger partial charge >= 0.3 is 12.3 Å². The van der Waals surface area contributed by atoms with Gasteiger partial charge in [-0.05, 0) is 39.5 Å². The minimum absolute atomic E-state index is 0.0108. The molecular formula is C16H21F3N4O3. The third-order valence-corrected chi connectivity index (χ3v) is 4.24. The topological polar surface area (TPSA) is 76.5 Å². The Hall–Kier alpha value is -2.26. The zero-order valence-corrected chi connectivity index (χ0v) is 14.7. The average Bonchev–Trinajstić information content (AvgIpc) is 2.89. The molecule has 1 aliphatic heterocycles. The fourth-order valence-electron chi connectivity index (χ4n) is 3.18. The van der Waals surface area contributed by atoms with Gasteiger partial charge in [0.25, 0.3) is 0 Å². The fraction of sp³-hybridized carbons (Fsp3) is 0.688. The van der Waals surface area contributed by atoms with E-state index in [1.54, 1.807) is 20.8 Å². The number of ether oxygens (including phenoxy) is 1. The summed E-state index contributed by atoms with van der Waals surface area (Å²) in [6, 6.07) is 0.571. The number of carbonyl (C=O) groups is 2. The van der Waals surface area contributed by atoms with Crippen LogP contribution in [0.3, 0.4) is 0 Å². The van der Waals surface area contributed by atoms with E-state index >= 15 is 0 Å². The first-order chi connectivity index (χ1) is 11.9.